The molecule has 0 bridgehead atoms. The summed E-state index contributed by atoms with van der Waals surface area (Å²) in [5.74, 6) is 0.203. The van der Waals surface area contributed by atoms with Crippen LogP contribution in [0, 0.1) is 35.3 Å². The third-order valence-electron chi connectivity index (χ3n) is 4.40. The van der Waals surface area contributed by atoms with Gasteiger partial charge in [-0.1, -0.05) is 11.6 Å². The minimum absolute atomic E-state index is 0.0103. The Morgan fingerprint density at radius 1 is 1.17 bits per heavy atom. The number of nitriles is 1. The number of aryl methyl sites for hydroxylation is 2. The van der Waals surface area contributed by atoms with Crippen molar-refractivity contribution in [3.63, 3.8) is 0 Å². The fourth-order valence-corrected chi connectivity index (χ4v) is 3.09. The predicted molar refractivity (Wildman–Crippen MR) is 114 cm³/mol. The lowest BCUT2D eigenvalue weighted by atomic mass is 10.1. The first-order valence-corrected chi connectivity index (χ1v) is 9.21. The first kappa shape index (κ1) is 20.8. The molecule has 0 saturated carbocycles. The lowest BCUT2D eigenvalue weighted by Gasteiger charge is -2.07. The van der Waals surface area contributed by atoms with Crippen LogP contribution in [0.15, 0.2) is 58.5 Å². The zero-order valence-corrected chi connectivity index (χ0v) is 16.9. The van der Waals surface area contributed by atoms with Crippen LogP contribution in [-0.4, -0.2) is 10.8 Å². The summed E-state index contributed by atoms with van der Waals surface area (Å²) in [6.45, 7) is 3.53. The molecule has 2 aromatic carbocycles. The molecule has 0 aliphatic heterocycles. The molecule has 0 unspecified atom stereocenters. The lowest BCUT2D eigenvalue weighted by Crippen LogP contribution is -2.14. The van der Waals surface area contributed by atoms with Crippen LogP contribution in [0.1, 0.15) is 16.9 Å². The largest absolute Gasteiger partial charge is 0.457 e. The summed E-state index contributed by atoms with van der Waals surface area (Å²) in [5.41, 5.74) is 2.52. The predicted octanol–water partition coefficient (Wildman–Crippen LogP) is 5.67. The van der Waals surface area contributed by atoms with Gasteiger partial charge >= 0.3 is 0 Å². The van der Waals surface area contributed by atoms with Gasteiger partial charge in [0.05, 0.1) is 4.92 Å². The van der Waals surface area contributed by atoms with Gasteiger partial charge in [0.15, 0.2) is 0 Å². The van der Waals surface area contributed by atoms with Gasteiger partial charge in [-0.3, -0.25) is 14.9 Å². The third kappa shape index (κ3) is 4.57. The number of furan rings is 1. The molecule has 0 radical (unpaired) electrons. The van der Waals surface area contributed by atoms with Crippen molar-refractivity contribution in [3.8, 4) is 17.4 Å². The number of nitro groups is 1. The number of non-ortho nitro benzene ring substituents is 1. The van der Waals surface area contributed by atoms with E-state index in [-0.39, 0.29) is 11.3 Å². The van der Waals surface area contributed by atoms with Crippen molar-refractivity contribution in [3.05, 3.63) is 86.1 Å². The van der Waals surface area contributed by atoms with E-state index in [1.54, 1.807) is 50.2 Å². The second-order valence-electron chi connectivity index (χ2n) is 6.54. The van der Waals surface area contributed by atoms with E-state index in [9.17, 15) is 20.2 Å². The highest BCUT2D eigenvalue weighted by molar-refractivity contribution is 6.30. The van der Waals surface area contributed by atoms with Crippen LogP contribution in [0.2, 0.25) is 5.02 Å². The lowest BCUT2D eigenvalue weighted by molar-refractivity contribution is -0.384. The number of benzene rings is 2. The fourth-order valence-electron chi connectivity index (χ4n) is 2.86. The molecule has 0 fully saturated rings. The van der Waals surface area contributed by atoms with Gasteiger partial charge in [-0.2, -0.15) is 5.26 Å². The van der Waals surface area contributed by atoms with E-state index in [2.05, 4.69) is 5.32 Å². The number of nitro benzene ring substituents is 1. The fraction of sp³-hybridized carbons (Fsp3) is 0.0909. The Morgan fingerprint density at radius 3 is 2.57 bits per heavy atom. The van der Waals surface area contributed by atoms with E-state index in [1.165, 1.54) is 18.2 Å². The molecule has 0 aliphatic carbocycles. The molecule has 1 heterocycles. The number of hydrogen-bond acceptors (Lipinski definition) is 5. The Labute approximate surface area is 177 Å². The van der Waals surface area contributed by atoms with Gasteiger partial charge in [-0.25, -0.2) is 0 Å². The molecule has 1 aromatic heterocycles. The number of anilines is 1. The van der Waals surface area contributed by atoms with Crippen molar-refractivity contribution >= 4 is 35.0 Å². The summed E-state index contributed by atoms with van der Waals surface area (Å²) in [6, 6.07) is 14.6. The minimum atomic E-state index is -0.576. The van der Waals surface area contributed by atoms with Gasteiger partial charge in [0.1, 0.15) is 23.2 Å². The summed E-state index contributed by atoms with van der Waals surface area (Å²) >= 11 is 5.92. The van der Waals surface area contributed by atoms with Crippen LogP contribution in [0.3, 0.4) is 0 Å². The number of carbonyl (C=O) groups is 1. The van der Waals surface area contributed by atoms with Gasteiger partial charge in [-0.15, -0.1) is 0 Å². The van der Waals surface area contributed by atoms with Gasteiger partial charge in [-0.05, 0) is 61.4 Å². The molecule has 0 atom stereocenters. The number of halogens is 1. The number of amides is 1. The maximum Gasteiger partial charge on any atom is 0.269 e. The molecule has 150 valence electrons. The van der Waals surface area contributed by atoms with Gasteiger partial charge in [0.2, 0.25) is 0 Å². The molecule has 1 amide bonds. The van der Waals surface area contributed by atoms with E-state index in [4.69, 9.17) is 16.0 Å². The van der Waals surface area contributed by atoms with Crippen LogP contribution in [0.5, 0.6) is 0 Å². The number of hydrogen-bond donors (Lipinski definition) is 1. The molecular formula is C22H16ClN3O4. The highest BCUT2D eigenvalue weighted by Gasteiger charge is 2.14. The number of carbonyl (C=O) groups excluding carboxylic acids is 1. The molecule has 3 aromatic rings. The van der Waals surface area contributed by atoms with Crippen molar-refractivity contribution in [2.24, 2.45) is 0 Å². The zero-order valence-electron chi connectivity index (χ0n) is 16.1. The highest BCUT2D eigenvalue weighted by Crippen LogP contribution is 2.29. The molecule has 0 aliphatic rings. The second-order valence-corrected chi connectivity index (χ2v) is 6.98. The van der Waals surface area contributed by atoms with Crippen LogP contribution in [0.25, 0.3) is 17.4 Å². The quantitative estimate of drug-likeness (QED) is 0.247. The van der Waals surface area contributed by atoms with Crippen molar-refractivity contribution < 1.29 is 14.1 Å². The first-order valence-electron chi connectivity index (χ1n) is 8.83. The SMILES string of the molecule is Cc1cc(Cl)ccc1NC(=O)/C(C#N)=C/c1ccc(-c2ccc([N+](=O)[O-])cc2C)o1. The average Bonchev–Trinajstić information content (AvgIpc) is 3.16. The Balaban J connectivity index is 1.84. The smallest absolute Gasteiger partial charge is 0.269 e. The van der Waals surface area contributed by atoms with Crippen LogP contribution >= 0.6 is 11.6 Å². The standard InChI is InChI=1S/C22H16ClN3O4/c1-13-10-17(26(28)29)4-6-19(13)21-8-5-18(30-21)11-15(12-24)22(27)25-20-7-3-16(23)9-14(20)2/h3-11H,1-2H3,(H,25,27)/b15-11+. The van der Waals surface area contributed by atoms with E-state index in [0.29, 0.717) is 33.4 Å². The first-order chi connectivity index (χ1) is 14.3. The summed E-state index contributed by atoms with van der Waals surface area (Å²) in [7, 11) is 0. The Bertz CT molecular complexity index is 1220. The van der Waals surface area contributed by atoms with Crippen molar-refractivity contribution in [2.45, 2.75) is 13.8 Å². The maximum absolute atomic E-state index is 12.5. The van der Waals surface area contributed by atoms with Gasteiger partial charge < -0.3 is 9.73 Å². The maximum atomic E-state index is 12.5. The Morgan fingerprint density at radius 2 is 1.93 bits per heavy atom. The molecule has 0 saturated heterocycles. The third-order valence-corrected chi connectivity index (χ3v) is 4.64. The molecule has 3 rings (SSSR count). The topological polar surface area (TPSA) is 109 Å². The van der Waals surface area contributed by atoms with E-state index >= 15 is 0 Å². The molecule has 1 N–H and O–H groups in total. The Kier molecular flexibility index (Phi) is 6.00. The normalized spacial score (nSPS) is 11.1. The van der Waals surface area contributed by atoms with Crippen molar-refractivity contribution in [1.82, 2.24) is 0 Å². The summed E-state index contributed by atoms with van der Waals surface area (Å²) in [4.78, 5) is 22.9. The summed E-state index contributed by atoms with van der Waals surface area (Å²) in [6.07, 6.45) is 1.34. The second kappa shape index (κ2) is 8.64. The molecule has 30 heavy (non-hydrogen) atoms. The highest BCUT2D eigenvalue weighted by atomic mass is 35.5. The van der Waals surface area contributed by atoms with Crippen molar-refractivity contribution in [1.29, 1.82) is 5.26 Å². The summed E-state index contributed by atoms with van der Waals surface area (Å²) in [5, 5.41) is 23.5. The molecule has 7 nitrogen and oxygen atoms in total. The number of nitrogens with zero attached hydrogens (tertiary/aromatic N) is 2. The number of nitrogens with one attached hydrogen (secondary N) is 1. The minimum Gasteiger partial charge on any atom is -0.457 e. The van der Waals surface area contributed by atoms with E-state index < -0.39 is 10.8 Å². The van der Waals surface area contributed by atoms with E-state index in [1.807, 2.05) is 6.07 Å². The Hall–Kier alpha value is -3.89. The molecular weight excluding hydrogens is 406 g/mol. The van der Waals surface area contributed by atoms with Gasteiger partial charge in [0.25, 0.3) is 11.6 Å². The van der Waals surface area contributed by atoms with Crippen LogP contribution < -0.4 is 5.32 Å². The molecule has 8 heteroatoms. The van der Waals surface area contributed by atoms with Crippen molar-refractivity contribution in [2.75, 3.05) is 5.32 Å². The summed E-state index contributed by atoms with van der Waals surface area (Å²) < 4.78 is 5.73. The average molecular weight is 422 g/mol. The van der Waals surface area contributed by atoms with E-state index in [0.717, 1.165) is 5.56 Å². The van der Waals surface area contributed by atoms with Gasteiger partial charge in [0, 0.05) is 34.5 Å². The zero-order chi connectivity index (χ0) is 21.8. The molecule has 0 spiro atoms. The number of rotatable bonds is 5. The van der Waals surface area contributed by atoms with Crippen LogP contribution in [-0.2, 0) is 4.79 Å². The monoisotopic (exact) mass is 421 g/mol. The van der Waals surface area contributed by atoms with Crippen LogP contribution in [0.4, 0.5) is 11.4 Å².